The minimum absolute atomic E-state index is 0.000992. The van der Waals surface area contributed by atoms with E-state index in [4.69, 9.17) is 5.11 Å². The molecule has 1 aliphatic rings. The maximum absolute atomic E-state index is 12.5. The predicted octanol–water partition coefficient (Wildman–Crippen LogP) is 1.16. The van der Waals surface area contributed by atoms with Gasteiger partial charge in [0.2, 0.25) is 0 Å². The standard InChI is InChI=1S/C13H18N2O4S/c1-11(13(16)17)10-14-8-5-9-15(20(14,18)19)12-6-3-2-4-7-12/h2-4,6-7,11H,5,8-10H2,1H3,(H,16,17). The third-order valence-electron chi connectivity index (χ3n) is 3.32. The largest absolute Gasteiger partial charge is 0.481 e. The summed E-state index contributed by atoms with van der Waals surface area (Å²) in [6.45, 7) is 2.30. The van der Waals surface area contributed by atoms with Gasteiger partial charge in [0, 0.05) is 19.6 Å². The Bertz CT molecular complexity index is 573. The zero-order valence-corrected chi connectivity index (χ0v) is 12.1. The zero-order valence-electron chi connectivity index (χ0n) is 11.3. The number of hydrogen-bond acceptors (Lipinski definition) is 3. The molecule has 2 rings (SSSR count). The minimum Gasteiger partial charge on any atom is -0.481 e. The Balaban J connectivity index is 2.23. The molecule has 20 heavy (non-hydrogen) atoms. The Morgan fingerprint density at radius 3 is 2.55 bits per heavy atom. The zero-order chi connectivity index (χ0) is 14.8. The molecule has 0 amide bonds. The van der Waals surface area contributed by atoms with E-state index in [-0.39, 0.29) is 6.54 Å². The van der Waals surface area contributed by atoms with Gasteiger partial charge >= 0.3 is 16.2 Å². The Kier molecular flexibility index (Phi) is 4.29. The van der Waals surface area contributed by atoms with Crippen LogP contribution in [-0.4, -0.2) is 43.4 Å². The van der Waals surface area contributed by atoms with E-state index >= 15 is 0 Å². The maximum Gasteiger partial charge on any atom is 0.307 e. The Morgan fingerprint density at radius 2 is 1.95 bits per heavy atom. The molecular formula is C13H18N2O4S. The molecule has 0 radical (unpaired) electrons. The van der Waals surface area contributed by atoms with Crippen LogP contribution in [0.4, 0.5) is 5.69 Å². The molecule has 1 aliphatic heterocycles. The first-order chi connectivity index (χ1) is 9.43. The first-order valence-electron chi connectivity index (χ1n) is 6.48. The molecule has 1 saturated heterocycles. The van der Waals surface area contributed by atoms with Gasteiger partial charge in [-0.05, 0) is 18.6 Å². The fraction of sp³-hybridized carbons (Fsp3) is 0.462. The smallest absolute Gasteiger partial charge is 0.307 e. The second-order valence-electron chi connectivity index (χ2n) is 4.87. The maximum atomic E-state index is 12.5. The molecule has 1 aromatic rings. The van der Waals surface area contributed by atoms with Crippen LogP contribution in [0, 0.1) is 5.92 Å². The van der Waals surface area contributed by atoms with Crippen molar-refractivity contribution in [2.45, 2.75) is 13.3 Å². The van der Waals surface area contributed by atoms with Crippen LogP contribution in [0.25, 0.3) is 0 Å². The molecule has 0 aliphatic carbocycles. The van der Waals surface area contributed by atoms with Crippen molar-refractivity contribution in [2.24, 2.45) is 5.92 Å². The number of carbonyl (C=O) groups is 1. The van der Waals surface area contributed by atoms with Gasteiger partial charge in [0.1, 0.15) is 0 Å². The van der Waals surface area contributed by atoms with Crippen molar-refractivity contribution < 1.29 is 18.3 Å². The summed E-state index contributed by atoms with van der Waals surface area (Å²) in [5.41, 5.74) is 0.611. The summed E-state index contributed by atoms with van der Waals surface area (Å²) >= 11 is 0. The third kappa shape index (κ3) is 2.94. The minimum atomic E-state index is -3.64. The van der Waals surface area contributed by atoms with Crippen LogP contribution in [0.1, 0.15) is 13.3 Å². The van der Waals surface area contributed by atoms with Gasteiger partial charge in [0.05, 0.1) is 11.6 Å². The number of rotatable bonds is 4. The van der Waals surface area contributed by atoms with Crippen LogP contribution in [-0.2, 0) is 15.0 Å². The summed E-state index contributed by atoms with van der Waals surface area (Å²) in [5.74, 6) is -1.71. The van der Waals surface area contributed by atoms with Crippen LogP contribution in [0.15, 0.2) is 30.3 Å². The van der Waals surface area contributed by atoms with Gasteiger partial charge in [-0.2, -0.15) is 12.7 Å². The number of benzene rings is 1. The molecule has 1 atom stereocenters. The lowest BCUT2D eigenvalue weighted by Gasteiger charge is -2.36. The topological polar surface area (TPSA) is 77.9 Å². The molecular weight excluding hydrogens is 280 g/mol. The van der Waals surface area contributed by atoms with E-state index in [0.29, 0.717) is 25.2 Å². The molecule has 0 bridgehead atoms. The summed E-state index contributed by atoms with van der Waals surface area (Å²) in [6, 6.07) is 8.86. The molecule has 0 spiro atoms. The van der Waals surface area contributed by atoms with Gasteiger partial charge < -0.3 is 5.11 Å². The number of carboxylic acid groups (broad SMARTS) is 1. The van der Waals surface area contributed by atoms with Crippen LogP contribution >= 0.6 is 0 Å². The average Bonchev–Trinajstić information content (AvgIpc) is 2.41. The highest BCUT2D eigenvalue weighted by Crippen LogP contribution is 2.24. The van der Waals surface area contributed by atoms with E-state index < -0.39 is 22.1 Å². The normalized spacial score (nSPS) is 20.6. The van der Waals surface area contributed by atoms with Crippen LogP contribution in [0.5, 0.6) is 0 Å². The summed E-state index contributed by atoms with van der Waals surface area (Å²) in [7, 11) is -3.64. The molecule has 0 aromatic heterocycles. The first-order valence-corrected chi connectivity index (χ1v) is 7.88. The van der Waals surface area contributed by atoms with E-state index in [1.807, 2.05) is 6.07 Å². The first kappa shape index (κ1) is 14.8. The van der Waals surface area contributed by atoms with Crippen molar-refractivity contribution in [1.82, 2.24) is 4.31 Å². The Morgan fingerprint density at radius 1 is 1.30 bits per heavy atom. The molecule has 1 unspecified atom stereocenters. The Hall–Kier alpha value is -1.60. The van der Waals surface area contributed by atoms with E-state index in [1.54, 1.807) is 24.3 Å². The molecule has 1 fully saturated rings. The molecule has 110 valence electrons. The highest BCUT2D eigenvalue weighted by atomic mass is 32.2. The number of anilines is 1. The summed E-state index contributed by atoms with van der Waals surface area (Å²) < 4.78 is 27.7. The summed E-state index contributed by atoms with van der Waals surface area (Å²) in [6.07, 6.45) is 0.681. The second-order valence-corrected chi connectivity index (χ2v) is 6.72. The highest BCUT2D eigenvalue weighted by molar-refractivity contribution is 7.90. The number of hydrogen-bond donors (Lipinski definition) is 1. The van der Waals surface area contributed by atoms with E-state index in [9.17, 15) is 13.2 Å². The van der Waals surface area contributed by atoms with Gasteiger partial charge in [-0.1, -0.05) is 25.1 Å². The quantitative estimate of drug-likeness (QED) is 0.905. The van der Waals surface area contributed by atoms with Crippen LogP contribution in [0.3, 0.4) is 0 Å². The fourth-order valence-electron chi connectivity index (χ4n) is 2.19. The molecule has 1 N–H and O–H groups in total. The molecule has 0 saturated carbocycles. The van der Waals surface area contributed by atoms with Gasteiger partial charge in [0.15, 0.2) is 0 Å². The lowest BCUT2D eigenvalue weighted by atomic mass is 10.2. The highest BCUT2D eigenvalue weighted by Gasteiger charge is 2.35. The van der Waals surface area contributed by atoms with Crippen molar-refractivity contribution >= 4 is 21.9 Å². The van der Waals surface area contributed by atoms with Crippen molar-refractivity contribution in [3.05, 3.63) is 30.3 Å². The van der Waals surface area contributed by atoms with Gasteiger partial charge in [-0.15, -0.1) is 0 Å². The van der Waals surface area contributed by atoms with Gasteiger partial charge in [-0.3, -0.25) is 9.10 Å². The van der Waals surface area contributed by atoms with Crippen LogP contribution < -0.4 is 4.31 Å². The molecule has 6 nitrogen and oxygen atoms in total. The third-order valence-corrected chi connectivity index (χ3v) is 5.25. The second kappa shape index (κ2) is 5.80. The predicted molar refractivity (Wildman–Crippen MR) is 75.7 cm³/mol. The molecule has 7 heteroatoms. The van der Waals surface area contributed by atoms with E-state index in [2.05, 4.69) is 0 Å². The van der Waals surface area contributed by atoms with Crippen LogP contribution in [0.2, 0.25) is 0 Å². The number of carboxylic acids is 1. The number of para-hydroxylation sites is 1. The summed E-state index contributed by atoms with van der Waals surface area (Å²) in [5, 5.41) is 8.93. The van der Waals surface area contributed by atoms with Gasteiger partial charge in [-0.25, -0.2) is 0 Å². The lowest BCUT2D eigenvalue weighted by molar-refractivity contribution is -0.141. The van der Waals surface area contributed by atoms with Crippen molar-refractivity contribution in [1.29, 1.82) is 0 Å². The fourth-order valence-corrected chi connectivity index (χ4v) is 3.98. The summed E-state index contributed by atoms with van der Waals surface area (Å²) in [4.78, 5) is 10.9. The SMILES string of the molecule is CC(CN1CCCN(c2ccccc2)S1(=O)=O)C(=O)O. The molecule has 1 heterocycles. The number of aliphatic carboxylic acids is 1. The average molecular weight is 298 g/mol. The van der Waals surface area contributed by atoms with Gasteiger partial charge in [0.25, 0.3) is 0 Å². The van der Waals surface area contributed by atoms with Crippen molar-refractivity contribution in [3.8, 4) is 0 Å². The van der Waals surface area contributed by atoms with Crippen molar-refractivity contribution in [2.75, 3.05) is 23.9 Å². The van der Waals surface area contributed by atoms with E-state index in [1.165, 1.54) is 15.5 Å². The van der Waals surface area contributed by atoms with E-state index in [0.717, 1.165) is 0 Å². The lowest BCUT2D eigenvalue weighted by Crippen LogP contribution is -2.51. The Labute approximate surface area is 118 Å². The monoisotopic (exact) mass is 298 g/mol. The molecule has 1 aromatic carbocycles. The van der Waals surface area contributed by atoms with Crippen molar-refractivity contribution in [3.63, 3.8) is 0 Å². The number of nitrogens with zero attached hydrogens (tertiary/aromatic N) is 2.